The van der Waals surface area contributed by atoms with Crippen LogP contribution < -0.4 is 5.73 Å². The third kappa shape index (κ3) is 3.23. The highest BCUT2D eigenvalue weighted by atomic mass is 16.4. The predicted octanol–water partition coefficient (Wildman–Crippen LogP) is 1.85. The number of hydrogen-bond donors (Lipinski definition) is 2. The number of carboxylic acid groups (broad SMARTS) is 1. The molecule has 1 saturated carbocycles. The van der Waals surface area contributed by atoms with Crippen LogP contribution >= 0.6 is 0 Å². The van der Waals surface area contributed by atoms with E-state index in [2.05, 4.69) is 0 Å². The van der Waals surface area contributed by atoms with Crippen LogP contribution in [0.3, 0.4) is 0 Å². The Hall–Kier alpha value is -1.10. The van der Waals surface area contributed by atoms with Gasteiger partial charge in [0.15, 0.2) is 0 Å². The van der Waals surface area contributed by atoms with Crippen LogP contribution in [0.1, 0.15) is 52.4 Å². The van der Waals surface area contributed by atoms with Gasteiger partial charge >= 0.3 is 5.97 Å². The molecule has 2 aliphatic rings. The topological polar surface area (TPSA) is 83.6 Å². The van der Waals surface area contributed by atoms with Crippen molar-refractivity contribution >= 4 is 11.9 Å². The van der Waals surface area contributed by atoms with Gasteiger partial charge in [-0.2, -0.15) is 0 Å². The zero-order valence-corrected chi connectivity index (χ0v) is 13.1. The van der Waals surface area contributed by atoms with Gasteiger partial charge < -0.3 is 15.7 Å². The Bertz CT molecular complexity index is 397. The molecule has 0 radical (unpaired) electrons. The summed E-state index contributed by atoms with van der Waals surface area (Å²) in [5, 5.41) is 9.52. The third-order valence-corrected chi connectivity index (χ3v) is 5.29. The maximum absolute atomic E-state index is 12.9. The maximum atomic E-state index is 12.9. The summed E-state index contributed by atoms with van der Waals surface area (Å²) < 4.78 is 0. The lowest BCUT2D eigenvalue weighted by Gasteiger charge is -2.48. The molecule has 1 aliphatic heterocycles. The third-order valence-electron chi connectivity index (χ3n) is 5.29. The second kappa shape index (κ2) is 6.77. The molecule has 4 unspecified atom stereocenters. The van der Waals surface area contributed by atoms with Crippen LogP contribution in [-0.2, 0) is 9.59 Å². The first-order chi connectivity index (χ1) is 9.97. The van der Waals surface area contributed by atoms with E-state index < -0.39 is 12.0 Å². The van der Waals surface area contributed by atoms with Crippen LogP contribution in [0.5, 0.6) is 0 Å². The molecule has 0 aromatic carbocycles. The number of carboxylic acids is 1. The molecule has 4 atom stereocenters. The number of rotatable bonds is 4. The molecular formula is C16H28N2O3. The minimum absolute atomic E-state index is 0.0449. The lowest BCUT2D eigenvalue weighted by molar-refractivity contribution is -0.161. The van der Waals surface area contributed by atoms with E-state index in [1.165, 1.54) is 6.42 Å². The number of aliphatic carboxylic acids is 1. The monoisotopic (exact) mass is 296 g/mol. The summed E-state index contributed by atoms with van der Waals surface area (Å²) in [6.45, 7) is 4.25. The van der Waals surface area contributed by atoms with Crippen molar-refractivity contribution in [3.8, 4) is 0 Å². The summed E-state index contributed by atoms with van der Waals surface area (Å²) in [5.41, 5.74) is 5.78. The van der Waals surface area contributed by atoms with E-state index in [-0.39, 0.29) is 30.3 Å². The number of hydrogen-bond acceptors (Lipinski definition) is 3. The Labute approximate surface area is 126 Å². The summed E-state index contributed by atoms with van der Waals surface area (Å²) in [6.07, 6.45) is 5.86. The van der Waals surface area contributed by atoms with Gasteiger partial charge in [0.1, 0.15) is 6.04 Å². The Morgan fingerprint density at radius 3 is 2.43 bits per heavy atom. The molecular weight excluding hydrogens is 268 g/mol. The van der Waals surface area contributed by atoms with Crippen LogP contribution in [0.2, 0.25) is 0 Å². The highest BCUT2D eigenvalue weighted by molar-refractivity contribution is 5.86. The SMILES string of the molecule is CC(C)C(CN)C(=O)N1C(C(=O)O)CCC2CCCCC21. The van der Waals surface area contributed by atoms with Crippen molar-refractivity contribution in [2.24, 2.45) is 23.5 Å². The molecule has 0 spiro atoms. The highest BCUT2D eigenvalue weighted by Crippen LogP contribution is 2.39. The first-order valence-electron chi connectivity index (χ1n) is 8.22. The Morgan fingerprint density at radius 2 is 1.86 bits per heavy atom. The van der Waals surface area contributed by atoms with Gasteiger partial charge in [0.25, 0.3) is 0 Å². The Balaban J connectivity index is 2.27. The summed E-state index contributed by atoms with van der Waals surface area (Å²) in [6, 6.07) is -0.557. The van der Waals surface area contributed by atoms with Gasteiger partial charge in [-0.3, -0.25) is 4.79 Å². The fourth-order valence-electron chi connectivity index (χ4n) is 4.04. The predicted molar refractivity (Wildman–Crippen MR) is 80.6 cm³/mol. The summed E-state index contributed by atoms with van der Waals surface area (Å²) >= 11 is 0. The molecule has 1 amide bonds. The van der Waals surface area contributed by atoms with Crippen molar-refractivity contribution in [1.82, 2.24) is 4.90 Å². The molecule has 3 N–H and O–H groups in total. The van der Waals surface area contributed by atoms with Crippen LogP contribution in [0.25, 0.3) is 0 Å². The van der Waals surface area contributed by atoms with Crippen molar-refractivity contribution in [1.29, 1.82) is 0 Å². The lowest BCUT2D eigenvalue weighted by Crippen LogP contribution is -2.59. The normalized spacial score (nSPS) is 30.9. The number of likely N-dealkylation sites (tertiary alicyclic amines) is 1. The molecule has 2 rings (SSSR count). The number of amides is 1. The van der Waals surface area contributed by atoms with E-state index in [0.29, 0.717) is 12.3 Å². The lowest BCUT2D eigenvalue weighted by atomic mass is 9.75. The molecule has 21 heavy (non-hydrogen) atoms. The van der Waals surface area contributed by atoms with E-state index in [1.807, 2.05) is 13.8 Å². The second-order valence-corrected chi connectivity index (χ2v) is 6.87. The van der Waals surface area contributed by atoms with Gasteiger partial charge in [-0.05, 0) is 37.5 Å². The van der Waals surface area contributed by atoms with E-state index in [4.69, 9.17) is 5.73 Å². The summed E-state index contributed by atoms with van der Waals surface area (Å²) in [4.78, 5) is 26.2. The van der Waals surface area contributed by atoms with Crippen LogP contribution in [0.4, 0.5) is 0 Å². The maximum Gasteiger partial charge on any atom is 0.326 e. The number of carbonyl (C=O) groups is 2. The van der Waals surface area contributed by atoms with Crippen molar-refractivity contribution < 1.29 is 14.7 Å². The van der Waals surface area contributed by atoms with Crippen molar-refractivity contribution in [2.45, 2.75) is 64.5 Å². The quantitative estimate of drug-likeness (QED) is 0.829. The molecule has 1 saturated heterocycles. The number of nitrogens with zero attached hydrogens (tertiary/aromatic N) is 1. The van der Waals surface area contributed by atoms with E-state index in [9.17, 15) is 14.7 Å². The van der Waals surface area contributed by atoms with Gasteiger partial charge in [-0.15, -0.1) is 0 Å². The Morgan fingerprint density at radius 1 is 1.19 bits per heavy atom. The zero-order valence-electron chi connectivity index (χ0n) is 13.1. The molecule has 1 aliphatic carbocycles. The van der Waals surface area contributed by atoms with E-state index in [0.717, 1.165) is 25.7 Å². The van der Waals surface area contributed by atoms with Crippen LogP contribution in [0.15, 0.2) is 0 Å². The smallest absolute Gasteiger partial charge is 0.326 e. The Kier molecular flexibility index (Phi) is 5.25. The fraction of sp³-hybridized carbons (Fsp3) is 0.875. The molecule has 5 nitrogen and oxygen atoms in total. The average molecular weight is 296 g/mol. The van der Waals surface area contributed by atoms with Crippen molar-refractivity contribution in [3.05, 3.63) is 0 Å². The number of carbonyl (C=O) groups excluding carboxylic acids is 1. The number of nitrogens with two attached hydrogens (primary N) is 1. The van der Waals surface area contributed by atoms with Gasteiger partial charge in [0.05, 0.1) is 5.92 Å². The van der Waals surface area contributed by atoms with Gasteiger partial charge in [0.2, 0.25) is 5.91 Å². The van der Waals surface area contributed by atoms with E-state index in [1.54, 1.807) is 4.90 Å². The minimum Gasteiger partial charge on any atom is -0.480 e. The average Bonchev–Trinajstić information content (AvgIpc) is 2.46. The first kappa shape index (κ1) is 16.3. The summed E-state index contributed by atoms with van der Waals surface area (Å²) in [5.74, 6) is -0.569. The molecule has 5 heteroatoms. The highest BCUT2D eigenvalue weighted by Gasteiger charge is 2.45. The van der Waals surface area contributed by atoms with Gasteiger partial charge in [-0.25, -0.2) is 4.79 Å². The summed E-state index contributed by atoms with van der Waals surface area (Å²) in [7, 11) is 0. The van der Waals surface area contributed by atoms with Crippen LogP contribution in [0, 0.1) is 17.8 Å². The molecule has 1 heterocycles. The van der Waals surface area contributed by atoms with E-state index >= 15 is 0 Å². The second-order valence-electron chi connectivity index (χ2n) is 6.87. The van der Waals surface area contributed by atoms with Crippen molar-refractivity contribution in [3.63, 3.8) is 0 Å². The fourth-order valence-corrected chi connectivity index (χ4v) is 4.04. The van der Waals surface area contributed by atoms with Crippen LogP contribution in [-0.4, -0.2) is 40.5 Å². The molecule has 0 bridgehead atoms. The zero-order chi connectivity index (χ0) is 15.6. The van der Waals surface area contributed by atoms with Gasteiger partial charge in [-0.1, -0.05) is 26.7 Å². The molecule has 0 aromatic heterocycles. The molecule has 2 fully saturated rings. The minimum atomic E-state index is -0.869. The van der Waals surface area contributed by atoms with Gasteiger partial charge in [0, 0.05) is 12.6 Å². The molecule has 120 valence electrons. The van der Waals surface area contributed by atoms with Crippen molar-refractivity contribution in [2.75, 3.05) is 6.54 Å². The largest absolute Gasteiger partial charge is 0.480 e. The standard InChI is InChI=1S/C16H28N2O3/c1-10(2)12(9-17)15(19)18-13-6-4-3-5-11(13)7-8-14(18)16(20)21/h10-14H,3-9,17H2,1-2H3,(H,20,21). The first-order valence-corrected chi connectivity index (χ1v) is 8.22. The number of fused-ring (bicyclic) bond motifs is 1. The molecule has 0 aromatic rings. The number of piperidine rings is 1.